The van der Waals surface area contributed by atoms with E-state index in [1.165, 1.54) is 5.01 Å². The highest BCUT2D eigenvalue weighted by molar-refractivity contribution is 14.0. The highest BCUT2D eigenvalue weighted by Gasteiger charge is 2.02. The van der Waals surface area contributed by atoms with E-state index in [4.69, 9.17) is 0 Å². The molecule has 0 unspecified atom stereocenters. The number of nitrogens with one attached hydrogen (secondary N) is 2. The molecule has 1 aromatic rings. The first-order valence-corrected chi connectivity index (χ1v) is 7.01. The van der Waals surface area contributed by atoms with E-state index in [9.17, 15) is 0 Å². The summed E-state index contributed by atoms with van der Waals surface area (Å²) in [7, 11) is 0. The average Bonchev–Trinajstić information content (AvgIpc) is 2.73. The summed E-state index contributed by atoms with van der Waals surface area (Å²) in [5.74, 6) is 0.855. The Kier molecular flexibility index (Phi) is 9.35. The molecule has 1 rings (SSSR count). The van der Waals surface area contributed by atoms with Gasteiger partial charge in [0.1, 0.15) is 0 Å². The smallest absolute Gasteiger partial charge is 0.191 e. The summed E-state index contributed by atoms with van der Waals surface area (Å²) >= 11 is 1.71. The number of thiazole rings is 1. The SMILES string of the molecule is CCNC(=NCc1csc(CC)n1)NC(C)C.I. The molecule has 0 bridgehead atoms. The molecule has 0 aliphatic heterocycles. The number of aliphatic imine (C=N–C) groups is 1. The van der Waals surface area contributed by atoms with Crippen molar-refractivity contribution in [2.24, 2.45) is 4.99 Å². The maximum atomic E-state index is 4.51. The van der Waals surface area contributed by atoms with Crippen LogP contribution in [0.1, 0.15) is 38.4 Å². The van der Waals surface area contributed by atoms with Gasteiger partial charge in [0.2, 0.25) is 0 Å². The van der Waals surface area contributed by atoms with Crippen molar-refractivity contribution < 1.29 is 0 Å². The number of hydrogen-bond acceptors (Lipinski definition) is 3. The maximum absolute atomic E-state index is 4.51. The molecular formula is C12H23IN4S. The summed E-state index contributed by atoms with van der Waals surface area (Å²) in [5, 5.41) is 9.77. The van der Waals surface area contributed by atoms with E-state index >= 15 is 0 Å². The Balaban J connectivity index is 0.00000289. The van der Waals surface area contributed by atoms with Gasteiger partial charge in [-0.2, -0.15) is 0 Å². The molecule has 0 fully saturated rings. The summed E-state index contributed by atoms with van der Waals surface area (Å²) in [4.78, 5) is 9.01. The molecule has 0 saturated carbocycles. The zero-order valence-electron chi connectivity index (χ0n) is 11.5. The Hall–Kier alpha value is -0.370. The van der Waals surface area contributed by atoms with Crippen molar-refractivity contribution in [2.75, 3.05) is 6.54 Å². The van der Waals surface area contributed by atoms with Gasteiger partial charge in [0.05, 0.1) is 17.2 Å². The van der Waals surface area contributed by atoms with Crippen LogP contribution in [0.2, 0.25) is 0 Å². The van der Waals surface area contributed by atoms with Gasteiger partial charge in [-0.1, -0.05) is 6.92 Å². The van der Waals surface area contributed by atoms with Gasteiger partial charge in [0.25, 0.3) is 0 Å². The lowest BCUT2D eigenvalue weighted by molar-refractivity contribution is 0.700. The monoisotopic (exact) mass is 382 g/mol. The standard InChI is InChI=1S/C12H22N4S.HI/c1-5-11-16-10(8-17-11)7-14-12(13-6-2)15-9(3)4;/h8-9H,5-7H2,1-4H3,(H2,13,14,15);1H. The fraction of sp³-hybridized carbons (Fsp3) is 0.667. The molecule has 0 atom stereocenters. The Morgan fingerprint density at radius 3 is 2.67 bits per heavy atom. The minimum Gasteiger partial charge on any atom is -0.357 e. The van der Waals surface area contributed by atoms with Crippen molar-refractivity contribution in [3.63, 3.8) is 0 Å². The molecule has 18 heavy (non-hydrogen) atoms. The lowest BCUT2D eigenvalue weighted by atomic mass is 10.4. The van der Waals surface area contributed by atoms with Gasteiger partial charge < -0.3 is 10.6 Å². The van der Waals surface area contributed by atoms with Crippen molar-refractivity contribution in [1.82, 2.24) is 15.6 Å². The number of aryl methyl sites for hydroxylation is 1. The zero-order valence-corrected chi connectivity index (χ0v) is 14.6. The first-order chi connectivity index (χ1) is 8.15. The second-order valence-corrected chi connectivity index (χ2v) is 5.02. The molecule has 0 aliphatic carbocycles. The third kappa shape index (κ3) is 6.53. The van der Waals surface area contributed by atoms with E-state index in [0.29, 0.717) is 12.6 Å². The van der Waals surface area contributed by atoms with E-state index in [1.54, 1.807) is 11.3 Å². The third-order valence-electron chi connectivity index (χ3n) is 2.07. The van der Waals surface area contributed by atoms with Crippen LogP contribution in [0, 0.1) is 0 Å². The predicted octanol–water partition coefficient (Wildman–Crippen LogP) is 2.79. The van der Waals surface area contributed by atoms with Crippen molar-refractivity contribution in [3.8, 4) is 0 Å². The molecule has 0 spiro atoms. The highest BCUT2D eigenvalue weighted by atomic mass is 127. The Morgan fingerprint density at radius 1 is 1.44 bits per heavy atom. The lowest BCUT2D eigenvalue weighted by Gasteiger charge is -2.13. The van der Waals surface area contributed by atoms with Crippen LogP contribution in [0.4, 0.5) is 0 Å². The van der Waals surface area contributed by atoms with E-state index in [1.807, 2.05) is 0 Å². The van der Waals surface area contributed by atoms with Gasteiger partial charge in [0, 0.05) is 18.0 Å². The quantitative estimate of drug-likeness (QED) is 0.468. The molecule has 6 heteroatoms. The topological polar surface area (TPSA) is 49.3 Å². The van der Waals surface area contributed by atoms with Crippen LogP contribution in [0.5, 0.6) is 0 Å². The van der Waals surface area contributed by atoms with Crippen LogP contribution in [0.3, 0.4) is 0 Å². The number of halogens is 1. The van der Waals surface area contributed by atoms with Crippen molar-refractivity contribution in [1.29, 1.82) is 0 Å². The fourth-order valence-corrected chi connectivity index (χ4v) is 2.07. The molecule has 0 saturated heterocycles. The molecule has 1 aromatic heterocycles. The Labute approximate surface area is 131 Å². The maximum Gasteiger partial charge on any atom is 0.191 e. The van der Waals surface area contributed by atoms with Crippen LogP contribution in [-0.4, -0.2) is 23.5 Å². The van der Waals surface area contributed by atoms with Gasteiger partial charge in [0.15, 0.2) is 5.96 Å². The molecule has 0 aromatic carbocycles. The van der Waals surface area contributed by atoms with Crippen LogP contribution < -0.4 is 10.6 Å². The van der Waals surface area contributed by atoms with E-state index < -0.39 is 0 Å². The van der Waals surface area contributed by atoms with Crippen LogP contribution in [-0.2, 0) is 13.0 Å². The first-order valence-electron chi connectivity index (χ1n) is 6.13. The third-order valence-corrected chi connectivity index (χ3v) is 3.11. The Bertz CT molecular complexity index is 363. The Morgan fingerprint density at radius 2 is 2.17 bits per heavy atom. The van der Waals surface area contributed by atoms with Gasteiger partial charge >= 0.3 is 0 Å². The molecule has 0 amide bonds. The lowest BCUT2D eigenvalue weighted by Crippen LogP contribution is -2.41. The first kappa shape index (κ1) is 17.6. The number of guanidine groups is 1. The van der Waals surface area contributed by atoms with Gasteiger partial charge in [-0.3, -0.25) is 0 Å². The molecular weight excluding hydrogens is 359 g/mol. The summed E-state index contributed by atoms with van der Waals surface area (Å²) in [6.45, 7) is 9.90. The molecule has 104 valence electrons. The second kappa shape index (κ2) is 9.55. The van der Waals surface area contributed by atoms with Crippen molar-refractivity contribution in [3.05, 3.63) is 16.1 Å². The second-order valence-electron chi connectivity index (χ2n) is 4.08. The minimum atomic E-state index is 0. The normalized spacial score (nSPS) is 11.3. The average molecular weight is 382 g/mol. The highest BCUT2D eigenvalue weighted by Crippen LogP contribution is 2.10. The number of aromatic nitrogens is 1. The summed E-state index contributed by atoms with van der Waals surface area (Å²) in [5.41, 5.74) is 1.05. The zero-order chi connectivity index (χ0) is 12.7. The largest absolute Gasteiger partial charge is 0.357 e. The fourth-order valence-electron chi connectivity index (χ4n) is 1.34. The number of nitrogens with zero attached hydrogens (tertiary/aromatic N) is 2. The summed E-state index contributed by atoms with van der Waals surface area (Å²) in [6, 6.07) is 0.384. The van der Waals surface area contributed by atoms with Gasteiger partial charge in [-0.15, -0.1) is 35.3 Å². The summed E-state index contributed by atoms with van der Waals surface area (Å²) < 4.78 is 0. The van der Waals surface area contributed by atoms with Crippen LogP contribution in [0.15, 0.2) is 10.4 Å². The molecule has 0 radical (unpaired) electrons. The van der Waals surface area contributed by atoms with Gasteiger partial charge in [-0.25, -0.2) is 9.98 Å². The number of rotatable bonds is 5. The minimum absolute atomic E-state index is 0. The van der Waals surface area contributed by atoms with E-state index in [2.05, 4.69) is 53.7 Å². The molecule has 4 nitrogen and oxygen atoms in total. The van der Waals surface area contributed by atoms with Crippen LogP contribution in [0.25, 0.3) is 0 Å². The molecule has 2 N–H and O–H groups in total. The van der Waals surface area contributed by atoms with Crippen molar-refractivity contribution >= 4 is 41.3 Å². The number of hydrogen-bond donors (Lipinski definition) is 2. The van der Waals surface area contributed by atoms with Crippen molar-refractivity contribution in [2.45, 2.75) is 46.7 Å². The van der Waals surface area contributed by atoms with E-state index in [-0.39, 0.29) is 24.0 Å². The van der Waals surface area contributed by atoms with E-state index in [0.717, 1.165) is 24.6 Å². The van der Waals surface area contributed by atoms with Crippen LogP contribution >= 0.6 is 35.3 Å². The predicted molar refractivity (Wildman–Crippen MR) is 90.0 cm³/mol. The van der Waals surface area contributed by atoms with Gasteiger partial charge in [-0.05, 0) is 27.2 Å². The molecule has 1 heterocycles. The molecule has 0 aliphatic rings. The summed E-state index contributed by atoms with van der Waals surface area (Å²) in [6.07, 6.45) is 0.999.